The first kappa shape index (κ1) is 91.3. The van der Waals surface area contributed by atoms with Crippen LogP contribution in [0.1, 0.15) is 103 Å². The van der Waals surface area contributed by atoms with Crippen molar-refractivity contribution in [1.29, 1.82) is 0 Å². The number of anilines is 10. The van der Waals surface area contributed by atoms with Gasteiger partial charge in [-0.3, -0.25) is 39.3 Å². The van der Waals surface area contributed by atoms with Gasteiger partial charge in [0.15, 0.2) is 17.4 Å². The molecule has 1 aliphatic carbocycles. The number of carbonyl (C=O) groups excluding carboxylic acids is 6. The maximum atomic E-state index is 13.0. The zero-order valence-corrected chi connectivity index (χ0v) is 71.9. The Bertz CT molecular complexity index is 6630. The molecule has 8 N–H and O–H groups in total. The van der Waals surface area contributed by atoms with Crippen LogP contribution in [0.3, 0.4) is 0 Å². The van der Waals surface area contributed by atoms with E-state index in [1.165, 1.54) is 63.8 Å². The normalized spacial score (nSPS) is 12.2. The van der Waals surface area contributed by atoms with Gasteiger partial charge in [0.2, 0.25) is 32.1 Å². The predicted molar refractivity (Wildman–Crippen MR) is 486 cm³/mol. The number of hydrogen-bond donors (Lipinski definition) is 5. The number of nitrogen functional groups attached to an aromatic ring is 3. The van der Waals surface area contributed by atoms with E-state index in [9.17, 15) is 39.4 Å². The number of nitrogens with two attached hydrogens (primary N) is 3. The number of methoxy groups -OCH3 is 1. The molecule has 0 radical (unpaired) electrons. The van der Waals surface area contributed by atoms with Gasteiger partial charge < -0.3 is 47.1 Å². The smallest absolute Gasteiger partial charge is 0.373 e. The second-order valence-corrected chi connectivity index (χ2v) is 30.0. The molecule has 31 nitrogen and oxygen atoms in total. The van der Waals surface area contributed by atoms with E-state index in [1.807, 2.05) is 183 Å². The molecule has 0 spiro atoms. The number of ketones is 1. The summed E-state index contributed by atoms with van der Waals surface area (Å²) in [7, 11) is 4.89. The van der Waals surface area contributed by atoms with Crippen LogP contribution in [0.4, 0.5) is 68.6 Å². The fourth-order valence-electron chi connectivity index (χ4n) is 14.0. The largest absolute Gasteiger partial charge is 0.465 e. The maximum absolute atomic E-state index is 13.0. The molecule has 0 atom stereocenters. The van der Waals surface area contributed by atoms with Gasteiger partial charge in [0.25, 0.3) is 12.4 Å². The summed E-state index contributed by atoms with van der Waals surface area (Å²) in [5.74, 6) is 0.915. The monoisotopic (exact) mass is 1780 g/mol. The number of nitro groups is 2. The summed E-state index contributed by atoms with van der Waals surface area (Å²) in [6.45, 7) is 8.97. The van der Waals surface area contributed by atoms with E-state index in [-0.39, 0.29) is 84.7 Å². The summed E-state index contributed by atoms with van der Waals surface area (Å²) in [6, 6.07) is 58.8. The average molecular weight is 1780 g/mol. The molecule has 3 aliphatic rings. The number of nitrogens with one attached hydrogen (secondary N) is 2. The Morgan fingerprint density at radius 2 is 1.04 bits per heavy atom. The van der Waals surface area contributed by atoms with Crippen molar-refractivity contribution < 1.29 is 48.1 Å². The molecule has 0 unspecified atom stereocenters. The van der Waals surface area contributed by atoms with Crippen molar-refractivity contribution in [3.63, 3.8) is 0 Å². The molecule has 18 rings (SSSR count). The number of carbonyl (C=O) groups is 4. The van der Waals surface area contributed by atoms with Crippen molar-refractivity contribution in [3.05, 3.63) is 291 Å². The Hall–Kier alpha value is -14.5. The molecule has 5 aromatic heterocycles. The number of aromatic nitrogens is 10. The zero-order valence-electron chi connectivity index (χ0n) is 68.2. The third-order valence-corrected chi connectivity index (χ3v) is 21.0. The van der Waals surface area contributed by atoms with E-state index >= 15 is 0 Å². The standard InChI is InChI=1S/C18H15ClN4O.C17H13ClN4O4.C17H12ClN3O.C11H9NO2.C11H11N.C9H15N3.C5H3Cl2N3O2.CO2/c1-10-15-16(21-18(19)20-10)22(2)14-9-12-7-5-4-6-11(12)8-13(14)17(24)23(15)3;1-9-14(22(24)25)15(21-17(18)19-9)20-13-8-11-6-4-3-5-10(11)7-12(13)16(23)26-2;1-9-12-8-15(22)13-6-10-4-2-3-5-11(10)7-14(13)20-16(12)21-17(18)19-9;12-10-5-8-3-1-2-4-9(8)6-11(10)14-7-13;1-8-6-9-4-2-3-5-10(9)7-11(8)12;10-8-6-11-12(7-8)9-4-2-1-3-5-9;1-2-3(10(11)12)4(6)9-5(7)8-2;2-1-3/h4-9H,1-3H3;3-8H,1-2H3,(H,19,20,21);2-7H,8H2,1H3,(H,19,20,21);1-7H,12H2;2-7H,12H2,1H3;6-7,9H,1-5,10H2;1H3;. The van der Waals surface area contributed by atoms with Gasteiger partial charge in [0.1, 0.15) is 22.9 Å². The van der Waals surface area contributed by atoms with E-state index in [1.54, 1.807) is 42.4 Å². The molecule has 0 bridgehead atoms. The Labute approximate surface area is 739 Å². The van der Waals surface area contributed by atoms with Crippen LogP contribution in [-0.4, -0.2) is 111 Å². The minimum absolute atomic E-state index is 0.0565. The minimum Gasteiger partial charge on any atom is -0.465 e. The molecule has 36 heteroatoms. The van der Waals surface area contributed by atoms with Crippen molar-refractivity contribution in [1.82, 2.24) is 49.7 Å². The van der Waals surface area contributed by atoms with Gasteiger partial charge in [-0.15, -0.1) is 0 Å². The van der Waals surface area contributed by atoms with Gasteiger partial charge in [-0.25, -0.2) is 29.7 Å². The van der Waals surface area contributed by atoms with Gasteiger partial charge in [-0.2, -0.15) is 29.6 Å². The van der Waals surface area contributed by atoms with Crippen LogP contribution in [0, 0.1) is 54.8 Å². The fourth-order valence-corrected chi connectivity index (χ4v) is 15.2. The van der Waals surface area contributed by atoms with Crippen LogP contribution in [0.25, 0.3) is 53.9 Å². The molecule has 1 fully saturated rings. The molecule has 2 aliphatic heterocycles. The van der Waals surface area contributed by atoms with E-state index in [4.69, 9.17) is 94.3 Å². The lowest BCUT2D eigenvalue weighted by atomic mass is 9.96. The van der Waals surface area contributed by atoms with Crippen LogP contribution >= 0.6 is 58.0 Å². The van der Waals surface area contributed by atoms with Crippen LogP contribution < -0.4 is 42.4 Å². The van der Waals surface area contributed by atoms with Crippen LogP contribution in [0.15, 0.2) is 194 Å². The molecule has 10 aromatic carbocycles. The number of benzene rings is 10. The summed E-state index contributed by atoms with van der Waals surface area (Å²) in [5.41, 5.74) is 26.3. The Morgan fingerprint density at radius 3 is 1.58 bits per heavy atom. The summed E-state index contributed by atoms with van der Waals surface area (Å²) >= 11 is 28.7. The van der Waals surface area contributed by atoms with Crippen molar-refractivity contribution >= 4 is 211 Å². The molecule has 1 saturated carbocycles. The summed E-state index contributed by atoms with van der Waals surface area (Å²) in [4.78, 5) is 120. The lowest BCUT2D eigenvalue weighted by molar-refractivity contribution is -0.385. The number of ether oxygens (including phenoxy) is 2. The highest BCUT2D eigenvalue weighted by molar-refractivity contribution is 6.33. The summed E-state index contributed by atoms with van der Waals surface area (Å²) in [6.07, 6.45) is 10.8. The van der Waals surface area contributed by atoms with Crippen LogP contribution in [0.2, 0.25) is 26.3 Å². The minimum atomic E-state index is -0.645. The Balaban J connectivity index is 0.000000144. The van der Waals surface area contributed by atoms with Gasteiger partial charge in [-0.1, -0.05) is 152 Å². The van der Waals surface area contributed by atoms with Crippen molar-refractivity contribution in [2.45, 2.75) is 79.2 Å². The van der Waals surface area contributed by atoms with E-state index < -0.39 is 15.8 Å². The molecule has 15 aromatic rings. The topological polar surface area (TPSA) is 437 Å². The number of aryl methyl sites for hydroxylation is 5. The van der Waals surface area contributed by atoms with E-state index in [2.05, 4.69) is 73.8 Å². The number of amides is 1. The second-order valence-electron chi connectivity index (χ2n) is 28.3. The summed E-state index contributed by atoms with van der Waals surface area (Å²) in [5, 5.41) is 42.3. The van der Waals surface area contributed by atoms with Gasteiger partial charge >= 0.3 is 23.5 Å². The number of Topliss-reactive ketones (excluding diaryl/α,β-unsaturated/α-hetero) is 1. The maximum Gasteiger partial charge on any atom is 0.373 e. The molecule has 1 amide bonds. The number of rotatable bonds is 8. The zero-order chi connectivity index (χ0) is 90.0. The number of fused-ring (bicyclic) bond motifs is 9. The van der Waals surface area contributed by atoms with Crippen LogP contribution in [-0.2, 0) is 25.5 Å². The third-order valence-electron chi connectivity index (χ3n) is 20.1. The number of hydrogen-bond acceptors (Lipinski definition) is 27. The highest BCUT2D eigenvalue weighted by Crippen LogP contribution is 2.43. The first-order valence-corrected chi connectivity index (χ1v) is 40.0. The Kier molecular flexibility index (Phi) is 30.2. The van der Waals surface area contributed by atoms with Gasteiger partial charge in [0, 0.05) is 49.2 Å². The fraction of sp³-hybridized carbons (Fsp3) is 0.169. The average Bonchev–Trinajstić information content (AvgIpc) is 1.63. The molecule has 7 heterocycles. The van der Waals surface area contributed by atoms with Crippen molar-refractivity contribution in [2.24, 2.45) is 0 Å². The lowest BCUT2D eigenvalue weighted by Gasteiger charge is -2.22. The van der Waals surface area contributed by atoms with E-state index in [0.717, 1.165) is 82.7 Å². The van der Waals surface area contributed by atoms with Gasteiger partial charge in [0.05, 0.1) is 74.5 Å². The first-order chi connectivity index (χ1) is 59.9. The summed E-state index contributed by atoms with van der Waals surface area (Å²) < 4.78 is 11.6. The number of halogens is 5. The van der Waals surface area contributed by atoms with Gasteiger partial charge in [-0.05, 0) is 214 Å². The Morgan fingerprint density at radius 1 is 0.568 bits per heavy atom. The van der Waals surface area contributed by atoms with Crippen LogP contribution in [0.5, 0.6) is 5.75 Å². The van der Waals surface area contributed by atoms with Crippen molar-refractivity contribution in [3.8, 4) is 5.75 Å². The number of nitrogens with zero attached hydrogens (tertiary/aromatic N) is 14. The predicted octanol–water partition coefficient (Wildman–Crippen LogP) is 20.1. The highest BCUT2D eigenvalue weighted by atomic mass is 35.5. The van der Waals surface area contributed by atoms with E-state index in [0.29, 0.717) is 63.8 Å². The molecule has 0 saturated heterocycles. The molecule has 125 heavy (non-hydrogen) atoms. The SMILES string of the molecule is COC(=O)c1cc2ccccc2cc1Nc1nc(Cl)nc(C)c1[N+](=O)[O-].Cc1cc2ccccc2cc1N.Cc1nc(Cl)nc(Cl)c1[N+](=O)[O-].Cc1nc(Cl)nc2c1CC(=O)c1cc3ccccc3cc1N2.Cc1nc(Cl)nc2c1N(C)C(=O)c1cc3ccccc3cc1N2C.Nc1cc2ccccc2cc1OC=O.Nc1cnn(C2CCCCC2)c1.O=C=O. The third kappa shape index (κ3) is 22.3. The number of esters is 1. The molecular formula is C89H78Cl5N19O12. The quantitative estimate of drug-likeness (QED) is 0.0179. The lowest BCUT2D eigenvalue weighted by Crippen LogP contribution is -2.26. The molecule has 636 valence electrons. The highest BCUT2D eigenvalue weighted by Gasteiger charge is 2.32. The van der Waals surface area contributed by atoms with Crippen molar-refractivity contribution in [2.75, 3.05) is 58.8 Å². The second kappa shape index (κ2) is 41.4. The molecular weight excluding hydrogens is 1700 g/mol. The first-order valence-electron chi connectivity index (χ1n) is 38.1.